The fourth-order valence-electron chi connectivity index (χ4n) is 8.49. The molecule has 3 aromatic rings. The van der Waals surface area contributed by atoms with Crippen molar-refractivity contribution >= 4 is 38.2 Å². The van der Waals surface area contributed by atoms with Crippen LogP contribution < -0.4 is 9.64 Å². The number of likely N-dealkylation sites (tertiary alicyclic amines) is 1. The number of ether oxygens (including phenoxy) is 1. The van der Waals surface area contributed by atoms with Crippen LogP contribution in [0.2, 0.25) is 0 Å². The van der Waals surface area contributed by atoms with Crippen molar-refractivity contribution in [3.05, 3.63) is 48.7 Å². The second-order valence-corrected chi connectivity index (χ2v) is 19.1. The third kappa shape index (κ3) is 8.58. The highest BCUT2D eigenvalue weighted by Crippen LogP contribution is 2.40. The molecule has 0 spiro atoms. The summed E-state index contributed by atoms with van der Waals surface area (Å²) < 4.78 is 35.2. The average Bonchev–Trinajstić information content (AvgIpc) is 3.07. The van der Waals surface area contributed by atoms with E-state index >= 15 is 0 Å². The maximum absolute atomic E-state index is 14.4. The number of fused-ring (bicyclic) bond motifs is 1. The van der Waals surface area contributed by atoms with E-state index in [1.54, 1.807) is 42.2 Å². The van der Waals surface area contributed by atoms with Crippen molar-refractivity contribution in [2.24, 2.45) is 5.41 Å². The van der Waals surface area contributed by atoms with E-state index in [4.69, 9.17) is 4.74 Å². The number of hydrogen-bond acceptors (Lipinski definition) is 9. The van der Waals surface area contributed by atoms with Gasteiger partial charge in [-0.05, 0) is 120 Å². The van der Waals surface area contributed by atoms with E-state index in [2.05, 4.69) is 84.6 Å². The third-order valence-electron chi connectivity index (χ3n) is 10.6. The van der Waals surface area contributed by atoms with Gasteiger partial charge in [0, 0.05) is 67.8 Å². The lowest BCUT2D eigenvalue weighted by atomic mass is 9.83. The van der Waals surface area contributed by atoms with Gasteiger partial charge in [0.15, 0.2) is 0 Å². The lowest BCUT2D eigenvalue weighted by Gasteiger charge is -2.46. The standard InChI is InChI=1S/C39H57N5O3S2/c1-38(2,3)28-39(4,5)47-31-8-11-33(12-9-31)49(45,46)36-27-40-35-13-10-32(48-7)26-34(35)37(36)44-20-16-29(17-21-44)42-18-14-30(15-19-42)43-24-22-41(6)23-25-43/h8-13,26-27,29-30H,14-25,28H2,1-7H3. The Kier molecular flexibility index (Phi) is 10.9. The molecule has 3 aliphatic heterocycles. The minimum Gasteiger partial charge on any atom is -0.488 e. The zero-order valence-electron chi connectivity index (χ0n) is 30.7. The minimum atomic E-state index is -3.86. The van der Waals surface area contributed by atoms with Crippen molar-refractivity contribution in [3.63, 3.8) is 0 Å². The molecule has 3 aliphatic rings. The van der Waals surface area contributed by atoms with Crippen molar-refractivity contribution in [1.82, 2.24) is 19.7 Å². The molecule has 0 unspecified atom stereocenters. The molecule has 1 aromatic heterocycles. The molecule has 3 fully saturated rings. The van der Waals surface area contributed by atoms with Crippen molar-refractivity contribution in [2.75, 3.05) is 70.6 Å². The van der Waals surface area contributed by atoms with Crippen molar-refractivity contribution < 1.29 is 13.2 Å². The zero-order valence-corrected chi connectivity index (χ0v) is 32.4. The van der Waals surface area contributed by atoms with Gasteiger partial charge >= 0.3 is 0 Å². The molecule has 268 valence electrons. The van der Waals surface area contributed by atoms with Gasteiger partial charge in [-0.15, -0.1) is 11.8 Å². The van der Waals surface area contributed by atoms with Gasteiger partial charge < -0.3 is 19.4 Å². The molecular formula is C39H57N5O3S2. The van der Waals surface area contributed by atoms with E-state index in [9.17, 15) is 8.42 Å². The SMILES string of the molecule is CSc1ccc2ncc(S(=O)(=O)c3ccc(OC(C)(C)CC(C)(C)C)cc3)c(N3CCC(N4CCC(N5CCN(C)CC5)CC4)CC3)c2c1. The molecule has 0 aliphatic carbocycles. The van der Waals surface area contributed by atoms with Crippen LogP contribution >= 0.6 is 11.8 Å². The Balaban J connectivity index is 1.21. The molecule has 4 heterocycles. The number of rotatable bonds is 9. The number of piperidine rings is 2. The minimum absolute atomic E-state index is 0.109. The molecule has 0 amide bonds. The first-order chi connectivity index (χ1) is 23.2. The molecule has 0 bridgehead atoms. The quantitative estimate of drug-likeness (QED) is 0.218. The van der Waals surface area contributed by atoms with Crippen LogP contribution in [0.1, 0.15) is 66.7 Å². The van der Waals surface area contributed by atoms with Gasteiger partial charge in [-0.25, -0.2) is 8.42 Å². The summed E-state index contributed by atoms with van der Waals surface area (Å²) in [4.78, 5) is 16.5. The van der Waals surface area contributed by atoms with Gasteiger partial charge in [0.25, 0.3) is 0 Å². The smallest absolute Gasteiger partial charge is 0.210 e. The Morgan fingerprint density at radius 3 is 2.00 bits per heavy atom. The average molecular weight is 708 g/mol. The summed E-state index contributed by atoms with van der Waals surface area (Å²) >= 11 is 1.67. The van der Waals surface area contributed by atoms with E-state index < -0.39 is 9.84 Å². The molecule has 8 nitrogen and oxygen atoms in total. The summed E-state index contributed by atoms with van der Waals surface area (Å²) in [6.45, 7) is 19.5. The van der Waals surface area contributed by atoms with Crippen LogP contribution in [0.25, 0.3) is 10.9 Å². The van der Waals surface area contributed by atoms with Crippen LogP contribution in [0, 0.1) is 5.41 Å². The maximum Gasteiger partial charge on any atom is 0.210 e. The Morgan fingerprint density at radius 1 is 0.816 bits per heavy atom. The summed E-state index contributed by atoms with van der Waals surface area (Å²) in [6, 6.07) is 14.4. The number of anilines is 1. The molecule has 3 saturated heterocycles. The summed E-state index contributed by atoms with van der Waals surface area (Å²) in [6.07, 6.45) is 9.06. The second-order valence-electron chi connectivity index (χ2n) is 16.3. The summed E-state index contributed by atoms with van der Waals surface area (Å²) in [5.41, 5.74) is 1.35. The second kappa shape index (κ2) is 14.7. The van der Waals surface area contributed by atoms with Gasteiger partial charge in [-0.3, -0.25) is 9.88 Å². The number of aromatic nitrogens is 1. The molecule has 6 rings (SSSR count). The van der Waals surface area contributed by atoms with Crippen LogP contribution in [0.15, 0.2) is 63.3 Å². The monoisotopic (exact) mass is 707 g/mol. The Bertz CT molecular complexity index is 1680. The topological polar surface area (TPSA) is 69.2 Å². The number of benzene rings is 2. The Hall–Kier alpha value is -2.37. The van der Waals surface area contributed by atoms with Crippen LogP contribution in [0.5, 0.6) is 5.75 Å². The van der Waals surface area contributed by atoms with Crippen LogP contribution in [-0.2, 0) is 9.84 Å². The Labute approximate surface area is 299 Å². The molecule has 0 N–H and O–H groups in total. The number of thioether (sulfide) groups is 1. The molecule has 0 atom stereocenters. The normalized spacial score (nSPS) is 20.3. The lowest BCUT2D eigenvalue weighted by Crippen LogP contribution is -2.54. The van der Waals surface area contributed by atoms with Gasteiger partial charge in [0.05, 0.1) is 16.1 Å². The zero-order chi connectivity index (χ0) is 35.0. The fourth-order valence-corrected chi connectivity index (χ4v) is 10.4. The highest BCUT2D eigenvalue weighted by molar-refractivity contribution is 7.98. The first-order valence-corrected chi connectivity index (χ1v) is 20.9. The highest BCUT2D eigenvalue weighted by atomic mass is 32.2. The summed E-state index contributed by atoms with van der Waals surface area (Å²) in [5, 5.41) is 0.906. The lowest BCUT2D eigenvalue weighted by molar-refractivity contribution is 0.0495. The van der Waals surface area contributed by atoms with E-state index in [-0.39, 0.29) is 20.8 Å². The first-order valence-electron chi connectivity index (χ1n) is 18.1. The van der Waals surface area contributed by atoms with Crippen molar-refractivity contribution in [1.29, 1.82) is 0 Å². The predicted octanol–water partition coefficient (Wildman–Crippen LogP) is 7.06. The molecule has 0 saturated carbocycles. The van der Waals surface area contributed by atoms with Crippen LogP contribution in [0.4, 0.5) is 5.69 Å². The third-order valence-corrected chi connectivity index (χ3v) is 13.1. The molecular weight excluding hydrogens is 651 g/mol. The van der Waals surface area contributed by atoms with Crippen LogP contribution in [0.3, 0.4) is 0 Å². The van der Waals surface area contributed by atoms with E-state index in [1.165, 1.54) is 39.0 Å². The van der Waals surface area contributed by atoms with E-state index in [0.717, 1.165) is 66.9 Å². The Morgan fingerprint density at radius 2 is 1.41 bits per heavy atom. The number of sulfone groups is 1. The summed E-state index contributed by atoms with van der Waals surface area (Å²) in [7, 11) is -1.63. The van der Waals surface area contributed by atoms with E-state index in [0.29, 0.717) is 17.8 Å². The molecule has 2 aromatic carbocycles. The molecule has 0 radical (unpaired) electrons. The van der Waals surface area contributed by atoms with Gasteiger partial charge in [-0.1, -0.05) is 20.8 Å². The number of likely N-dealkylation sites (N-methyl/N-ethyl adjacent to an activating group) is 1. The number of hydrogen-bond donors (Lipinski definition) is 0. The van der Waals surface area contributed by atoms with Gasteiger partial charge in [-0.2, -0.15) is 0 Å². The number of pyridine rings is 1. The van der Waals surface area contributed by atoms with Crippen molar-refractivity contribution in [3.8, 4) is 5.75 Å². The highest BCUT2D eigenvalue weighted by Gasteiger charge is 2.34. The first kappa shape index (κ1) is 36.4. The molecule has 49 heavy (non-hydrogen) atoms. The van der Waals surface area contributed by atoms with Gasteiger partial charge in [0.2, 0.25) is 9.84 Å². The predicted molar refractivity (Wildman–Crippen MR) is 203 cm³/mol. The van der Waals surface area contributed by atoms with Crippen LogP contribution in [-0.4, -0.2) is 111 Å². The van der Waals surface area contributed by atoms with E-state index in [1.807, 2.05) is 6.07 Å². The number of piperazine rings is 1. The number of nitrogens with zero attached hydrogens (tertiary/aromatic N) is 5. The fraction of sp³-hybridized carbons (Fsp3) is 0.615. The maximum atomic E-state index is 14.4. The summed E-state index contributed by atoms with van der Waals surface area (Å²) in [5.74, 6) is 0.671. The van der Waals surface area contributed by atoms with Crippen molar-refractivity contribution in [2.45, 2.75) is 99.1 Å². The molecule has 10 heteroatoms. The van der Waals surface area contributed by atoms with Gasteiger partial charge in [0.1, 0.15) is 16.2 Å². The largest absolute Gasteiger partial charge is 0.488 e.